The Labute approximate surface area is 146 Å². The van der Waals surface area contributed by atoms with E-state index < -0.39 is 5.97 Å². The van der Waals surface area contributed by atoms with E-state index in [-0.39, 0.29) is 5.91 Å². The molecule has 1 aromatic carbocycles. The molecular weight excluding hydrogens is 359 g/mol. The zero-order valence-corrected chi connectivity index (χ0v) is 14.6. The standard InChI is InChI=1S/C15H12Cl2N2O3S/c1-8-13(14(21)22-2)23-15(18-8)19-12(20)6-4-9-3-5-10(16)7-11(9)17/h3-7H,1-2H3,(H,18,19,20). The summed E-state index contributed by atoms with van der Waals surface area (Å²) in [5.41, 5.74) is 1.17. The number of thiazole rings is 1. The quantitative estimate of drug-likeness (QED) is 0.646. The summed E-state index contributed by atoms with van der Waals surface area (Å²) in [4.78, 5) is 27.9. The molecule has 0 radical (unpaired) electrons. The van der Waals surface area contributed by atoms with Crippen molar-refractivity contribution in [1.29, 1.82) is 0 Å². The van der Waals surface area contributed by atoms with E-state index in [9.17, 15) is 9.59 Å². The smallest absolute Gasteiger partial charge is 0.350 e. The second-order valence-corrected chi connectivity index (χ2v) is 6.26. The van der Waals surface area contributed by atoms with Crippen LogP contribution in [0.3, 0.4) is 0 Å². The van der Waals surface area contributed by atoms with Crippen LogP contribution in [0.15, 0.2) is 24.3 Å². The maximum Gasteiger partial charge on any atom is 0.350 e. The van der Waals surface area contributed by atoms with Gasteiger partial charge in [0, 0.05) is 16.1 Å². The average molecular weight is 371 g/mol. The van der Waals surface area contributed by atoms with E-state index in [1.54, 1.807) is 31.2 Å². The van der Waals surface area contributed by atoms with Gasteiger partial charge in [0.2, 0.25) is 5.91 Å². The lowest BCUT2D eigenvalue weighted by Crippen LogP contribution is -2.07. The molecule has 0 atom stereocenters. The normalized spacial score (nSPS) is 10.8. The van der Waals surface area contributed by atoms with Gasteiger partial charge in [0.25, 0.3) is 0 Å². The summed E-state index contributed by atoms with van der Waals surface area (Å²) in [7, 11) is 1.29. The Morgan fingerprint density at radius 2 is 2.09 bits per heavy atom. The van der Waals surface area contributed by atoms with Crippen molar-refractivity contribution in [3.63, 3.8) is 0 Å². The molecule has 5 nitrogen and oxygen atoms in total. The number of anilines is 1. The zero-order chi connectivity index (χ0) is 17.0. The van der Waals surface area contributed by atoms with Crippen molar-refractivity contribution in [3.8, 4) is 0 Å². The van der Waals surface area contributed by atoms with Crippen LogP contribution >= 0.6 is 34.5 Å². The van der Waals surface area contributed by atoms with Crippen molar-refractivity contribution in [3.05, 3.63) is 50.5 Å². The molecule has 1 N–H and O–H groups in total. The second kappa shape index (κ2) is 7.59. The molecule has 0 spiro atoms. The van der Waals surface area contributed by atoms with Crippen molar-refractivity contribution in [1.82, 2.24) is 4.98 Å². The van der Waals surface area contributed by atoms with Gasteiger partial charge in [-0.05, 0) is 30.7 Å². The van der Waals surface area contributed by atoms with Crippen LogP contribution in [0.5, 0.6) is 0 Å². The molecular formula is C15H12Cl2N2O3S. The molecule has 0 saturated heterocycles. The van der Waals surface area contributed by atoms with Crippen LogP contribution in [0.2, 0.25) is 10.0 Å². The summed E-state index contributed by atoms with van der Waals surface area (Å²) in [5.74, 6) is -0.870. The number of aryl methyl sites for hydroxylation is 1. The van der Waals surface area contributed by atoms with Crippen molar-refractivity contribution >= 4 is 57.6 Å². The molecule has 0 aliphatic rings. The summed E-state index contributed by atoms with van der Waals surface area (Å²) in [6, 6.07) is 4.97. The highest BCUT2D eigenvalue weighted by Crippen LogP contribution is 2.24. The lowest BCUT2D eigenvalue weighted by atomic mass is 10.2. The monoisotopic (exact) mass is 370 g/mol. The molecule has 0 unspecified atom stereocenters. The van der Waals surface area contributed by atoms with Crippen molar-refractivity contribution < 1.29 is 14.3 Å². The molecule has 1 aromatic heterocycles. The van der Waals surface area contributed by atoms with Gasteiger partial charge in [0.1, 0.15) is 4.88 Å². The van der Waals surface area contributed by atoms with Gasteiger partial charge < -0.3 is 4.74 Å². The fourth-order valence-electron chi connectivity index (χ4n) is 1.68. The molecule has 0 bridgehead atoms. The van der Waals surface area contributed by atoms with Crippen LogP contribution in [-0.4, -0.2) is 24.0 Å². The van der Waals surface area contributed by atoms with Crippen LogP contribution in [0.25, 0.3) is 6.08 Å². The summed E-state index contributed by atoms with van der Waals surface area (Å²) in [5, 5.41) is 3.87. The number of esters is 1. The number of methoxy groups -OCH3 is 1. The van der Waals surface area contributed by atoms with Crippen LogP contribution in [-0.2, 0) is 9.53 Å². The van der Waals surface area contributed by atoms with Crippen LogP contribution in [0.1, 0.15) is 20.9 Å². The van der Waals surface area contributed by atoms with Crippen molar-refractivity contribution in [2.75, 3.05) is 12.4 Å². The number of halogens is 2. The molecule has 120 valence electrons. The molecule has 0 fully saturated rings. The fraction of sp³-hybridized carbons (Fsp3) is 0.133. The molecule has 0 aliphatic carbocycles. The van der Waals surface area contributed by atoms with Crippen LogP contribution in [0, 0.1) is 6.92 Å². The predicted octanol–water partition coefficient (Wildman–Crippen LogP) is 4.20. The Bertz CT molecular complexity index is 787. The minimum Gasteiger partial charge on any atom is -0.465 e. The van der Waals surface area contributed by atoms with Crippen LogP contribution in [0.4, 0.5) is 5.13 Å². The number of benzene rings is 1. The van der Waals surface area contributed by atoms with Gasteiger partial charge >= 0.3 is 5.97 Å². The lowest BCUT2D eigenvalue weighted by molar-refractivity contribution is -0.111. The number of hydrogen-bond acceptors (Lipinski definition) is 5. The molecule has 0 aliphatic heterocycles. The summed E-state index contributed by atoms with van der Waals surface area (Å²) < 4.78 is 4.64. The summed E-state index contributed by atoms with van der Waals surface area (Å²) in [6.07, 6.45) is 2.89. The number of amides is 1. The Hall–Kier alpha value is -1.89. The van der Waals surface area contributed by atoms with Crippen molar-refractivity contribution in [2.24, 2.45) is 0 Å². The SMILES string of the molecule is COC(=O)c1sc(NC(=O)C=Cc2ccc(Cl)cc2Cl)nc1C. The number of ether oxygens (including phenoxy) is 1. The van der Waals surface area contributed by atoms with Gasteiger partial charge in [-0.15, -0.1) is 0 Å². The Morgan fingerprint density at radius 3 is 2.74 bits per heavy atom. The van der Waals surface area contributed by atoms with Gasteiger partial charge in [-0.25, -0.2) is 9.78 Å². The van der Waals surface area contributed by atoms with E-state index in [1.165, 1.54) is 13.2 Å². The first kappa shape index (κ1) is 17.5. The molecule has 2 rings (SSSR count). The maximum atomic E-state index is 11.9. The highest BCUT2D eigenvalue weighted by molar-refractivity contribution is 7.17. The number of hydrogen-bond donors (Lipinski definition) is 1. The first-order valence-corrected chi connectivity index (χ1v) is 7.98. The van der Waals surface area contributed by atoms with E-state index in [4.69, 9.17) is 23.2 Å². The van der Waals surface area contributed by atoms with E-state index in [0.717, 1.165) is 11.3 Å². The number of aromatic nitrogens is 1. The van der Waals surface area contributed by atoms with Gasteiger partial charge in [0.15, 0.2) is 5.13 Å². The second-order valence-electron chi connectivity index (χ2n) is 4.41. The number of carbonyl (C=O) groups excluding carboxylic acids is 2. The van der Waals surface area contributed by atoms with E-state index >= 15 is 0 Å². The average Bonchev–Trinajstić information content (AvgIpc) is 2.86. The number of nitrogens with zero attached hydrogens (tertiary/aromatic N) is 1. The maximum absolute atomic E-state index is 11.9. The Kier molecular flexibility index (Phi) is 5.76. The Morgan fingerprint density at radius 1 is 1.35 bits per heavy atom. The van der Waals surface area contributed by atoms with Gasteiger partial charge in [-0.1, -0.05) is 40.6 Å². The first-order valence-electron chi connectivity index (χ1n) is 6.40. The molecule has 1 amide bonds. The Balaban J connectivity index is 2.07. The first-order chi connectivity index (χ1) is 10.9. The topological polar surface area (TPSA) is 68.3 Å². The lowest BCUT2D eigenvalue weighted by Gasteiger charge is -1.99. The van der Waals surface area contributed by atoms with Crippen molar-refractivity contribution in [2.45, 2.75) is 6.92 Å². The minimum atomic E-state index is -0.482. The highest BCUT2D eigenvalue weighted by Gasteiger charge is 2.16. The van der Waals surface area contributed by atoms with Gasteiger partial charge in [-0.2, -0.15) is 0 Å². The van der Waals surface area contributed by atoms with Gasteiger partial charge in [-0.3, -0.25) is 10.1 Å². The molecule has 8 heteroatoms. The largest absolute Gasteiger partial charge is 0.465 e. The van der Waals surface area contributed by atoms with Gasteiger partial charge in [0.05, 0.1) is 12.8 Å². The fourth-order valence-corrected chi connectivity index (χ4v) is 3.04. The van der Waals surface area contributed by atoms with E-state index in [2.05, 4.69) is 15.0 Å². The molecule has 23 heavy (non-hydrogen) atoms. The summed E-state index contributed by atoms with van der Waals surface area (Å²) >= 11 is 12.9. The third kappa shape index (κ3) is 4.54. The molecule has 0 saturated carbocycles. The molecule has 2 aromatic rings. The minimum absolute atomic E-state index is 0.319. The molecule has 1 heterocycles. The number of carbonyl (C=O) groups is 2. The zero-order valence-electron chi connectivity index (χ0n) is 12.2. The highest BCUT2D eigenvalue weighted by atomic mass is 35.5. The third-order valence-corrected chi connectivity index (χ3v) is 4.39. The number of nitrogens with one attached hydrogen (secondary N) is 1. The summed E-state index contributed by atoms with van der Waals surface area (Å²) in [6.45, 7) is 1.67. The van der Waals surface area contributed by atoms with E-state index in [0.29, 0.717) is 31.3 Å². The number of rotatable bonds is 4. The van der Waals surface area contributed by atoms with Crippen LogP contribution < -0.4 is 5.32 Å². The third-order valence-electron chi connectivity index (χ3n) is 2.77. The van der Waals surface area contributed by atoms with E-state index in [1.807, 2.05) is 0 Å². The predicted molar refractivity (Wildman–Crippen MR) is 92.3 cm³/mol.